The summed E-state index contributed by atoms with van der Waals surface area (Å²) in [6, 6.07) is 9.69. The molecule has 2 rings (SSSR count). The summed E-state index contributed by atoms with van der Waals surface area (Å²) >= 11 is 0. The molecule has 108 valence electrons. The lowest BCUT2D eigenvalue weighted by atomic mass is 10.1. The molecule has 0 aliphatic carbocycles. The zero-order valence-electron chi connectivity index (χ0n) is 11.2. The third kappa shape index (κ3) is 3.42. The van der Waals surface area contributed by atoms with Gasteiger partial charge in [-0.25, -0.2) is 4.39 Å². The molecule has 0 amide bonds. The van der Waals surface area contributed by atoms with Crippen molar-refractivity contribution in [3.05, 3.63) is 69.5 Å². The molecule has 5 nitrogen and oxygen atoms in total. The first-order valence-corrected chi connectivity index (χ1v) is 6.14. The first-order chi connectivity index (χ1) is 9.99. The van der Waals surface area contributed by atoms with Crippen molar-refractivity contribution in [3.63, 3.8) is 0 Å². The van der Waals surface area contributed by atoms with E-state index in [1.54, 1.807) is 13.0 Å². The van der Waals surface area contributed by atoms with Gasteiger partial charge in [-0.15, -0.1) is 0 Å². The van der Waals surface area contributed by atoms with Gasteiger partial charge in [0.15, 0.2) is 6.61 Å². The molecule has 0 fully saturated rings. The number of benzene rings is 2. The van der Waals surface area contributed by atoms with Crippen molar-refractivity contribution < 1.29 is 18.8 Å². The summed E-state index contributed by atoms with van der Waals surface area (Å²) in [6.45, 7) is 1.30. The number of nitro groups is 1. The maximum absolute atomic E-state index is 13.4. The predicted molar refractivity (Wildman–Crippen MR) is 74.1 cm³/mol. The Morgan fingerprint density at radius 3 is 2.62 bits per heavy atom. The number of Topliss-reactive ketones (excluding diaryl/α,β-unsaturated/α-hetero) is 1. The van der Waals surface area contributed by atoms with Crippen LogP contribution in [0.4, 0.5) is 10.1 Å². The Labute approximate surface area is 120 Å². The van der Waals surface area contributed by atoms with Gasteiger partial charge < -0.3 is 4.74 Å². The van der Waals surface area contributed by atoms with Crippen LogP contribution in [-0.4, -0.2) is 17.3 Å². The molecule has 0 saturated carbocycles. The number of hydrogen-bond acceptors (Lipinski definition) is 4. The monoisotopic (exact) mass is 289 g/mol. The van der Waals surface area contributed by atoms with Crippen LogP contribution in [0.2, 0.25) is 0 Å². The summed E-state index contributed by atoms with van der Waals surface area (Å²) in [5.74, 6) is -0.748. The number of ether oxygens (including phenoxy) is 1. The molecule has 0 unspecified atom stereocenters. The normalized spacial score (nSPS) is 10.2. The molecule has 0 atom stereocenters. The molecular weight excluding hydrogens is 277 g/mol. The van der Waals surface area contributed by atoms with Gasteiger partial charge in [0.1, 0.15) is 11.6 Å². The number of halogens is 1. The van der Waals surface area contributed by atoms with Crippen LogP contribution in [0.25, 0.3) is 0 Å². The van der Waals surface area contributed by atoms with E-state index in [9.17, 15) is 19.3 Å². The largest absolute Gasteiger partial charge is 0.485 e. The Kier molecular flexibility index (Phi) is 4.27. The lowest BCUT2D eigenvalue weighted by Crippen LogP contribution is -2.13. The van der Waals surface area contributed by atoms with Crippen molar-refractivity contribution in [1.29, 1.82) is 0 Å². The minimum Gasteiger partial charge on any atom is -0.485 e. The number of non-ortho nitro benzene ring substituents is 1. The van der Waals surface area contributed by atoms with E-state index in [2.05, 4.69) is 0 Å². The van der Waals surface area contributed by atoms with Crippen LogP contribution in [0.15, 0.2) is 42.5 Å². The molecule has 2 aromatic rings. The van der Waals surface area contributed by atoms with E-state index in [0.29, 0.717) is 11.3 Å². The van der Waals surface area contributed by atoms with Gasteiger partial charge in [0.2, 0.25) is 5.78 Å². The van der Waals surface area contributed by atoms with Crippen LogP contribution in [0.1, 0.15) is 15.9 Å². The van der Waals surface area contributed by atoms with Gasteiger partial charge in [0, 0.05) is 12.1 Å². The van der Waals surface area contributed by atoms with E-state index in [1.165, 1.54) is 36.4 Å². The Morgan fingerprint density at radius 2 is 2.00 bits per heavy atom. The standard InChI is InChI=1S/C15H12FNO4/c1-10-8-11(17(19)20)6-7-15(10)21-9-14(18)12-4-2-3-5-13(12)16/h2-8H,9H2,1H3. The van der Waals surface area contributed by atoms with Crippen LogP contribution < -0.4 is 4.74 Å². The van der Waals surface area contributed by atoms with Crippen molar-refractivity contribution in [2.45, 2.75) is 6.92 Å². The molecule has 6 heteroatoms. The third-order valence-corrected chi connectivity index (χ3v) is 2.90. The van der Waals surface area contributed by atoms with Crippen LogP contribution in [0.3, 0.4) is 0 Å². The van der Waals surface area contributed by atoms with Crippen LogP contribution in [0, 0.1) is 22.9 Å². The fourth-order valence-electron chi connectivity index (χ4n) is 1.82. The molecule has 0 aliphatic heterocycles. The highest BCUT2D eigenvalue weighted by Gasteiger charge is 2.13. The van der Waals surface area contributed by atoms with Crippen molar-refractivity contribution >= 4 is 11.5 Å². The van der Waals surface area contributed by atoms with E-state index in [-0.39, 0.29) is 17.9 Å². The van der Waals surface area contributed by atoms with E-state index in [0.717, 1.165) is 0 Å². The number of aryl methyl sites for hydroxylation is 1. The number of nitro benzene ring substituents is 1. The fourth-order valence-corrected chi connectivity index (χ4v) is 1.82. The molecular formula is C15H12FNO4. The maximum Gasteiger partial charge on any atom is 0.269 e. The second-order valence-electron chi connectivity index (χ2n) is 4.40. The van der Waals surface area contributed by atoms with Crippen molar-refractivity contribution in [2.24, 2.45) is 0 Å². The van der Waals surface area contributed by atoms with E-state index in [1.807, 2.05) is 0 Å². The van der Waals surface area contributed by atoms with Gasteiger partial charge in [0.05, 0.1) is 10.5 Å². The Morgan fingerprint density at radius 1 is 1.29 bits per heavy atom. The molecule has 0 heterocycles. The maximum atomic E-state index is 13.4. The number of nitrogens with zero attached hydrogens (tertiary/aromatic N) is 1. The third-order valence-electron chi connectivity index (χ3n) is 2.90. The van der Waals surface area contributed by atoms with E-state index < -0.39 is 16.5 Å². The Bertz CT molecular complexity index is 700. The summed E-state index contributed by atoms with van der Waals surface area (Å²) in [5.41, 5.74) is 0.433. The van der Waals surface area contributed by atoms with E-state index in [4.69, 9.17) is 4.74 Å². The van der Waals surface area contributed by atoms with Gasteiger partial charge >= 0.3 is 0 Å². The van der Waals surface area contributed by atoms with Crippen LogP contribution in [0.5, 0.6) is 5.75 Å². The second kappa shape index (κ2) is 6.13. The summed E-state index contributed by atoms with van der Waals surface area (Å²) in [6.07, 6.45) is 0. The molecule has 0 bridgehead atoms. The quantitative estimate of drug-likeness (QED) is 0.481. The topological polar surface area (TPSA) is 69.4 Å². The molecule has 0 N–H and O–H groups in total. The molecule has 0 spiro atoms. The number of carbonyl (C=O) groups excluding carboxylic acids is 1. The zero-order valence-corrected chi connectivity index (χ0v) is 11.2. The summed E-state index contributed by atoms with van der Waals surface area (Å²) < 4.78 is 18.7. The first-order valence-electron chi connectivity index (χ1n) is 6.14. The Hall–Kier alpha value is -2.76. The minimum atomic E-state index is -0.605. The summed E-state index contributed by atoms with van der Waals surface area (Å²) in [7, 11) is 0. The average molecular weight is 289 g/mol. The van der Waals surface area contributed by atoms with Gasteiger partial charge in [-0.05, 0) is 30.7 Å². The van der Waals surface area contributed by atoms with Crippen molar-refractivity contribution in [3.8, 4) is 5.75 Å². The van der Waals surface area contributed by atoms with Gasteiger partial charge in [-0.2, -0.15) is 0 Å². The number of rotatable bonds is 5. The SMILES string of the molecule is Cc1cc([N+](=O)[O-])ccc1OCC(=O)c1ccccc1F. The lowest BCUT2D eigenvalue weighted by molar-refractivity contribution is -0.384. The number of hydrogen-bond donors (Lipinski definition) is 0. The van der Waals surface area contributed by atoms with Gasteiger partial charge in [-0.1, -0.05) is 12.1 Å². The number of ketones is 1. The molecule has 0 aliphatic rings. The first kappa shape index (κ1) is 14.6. The van der Waals surface area contributed by atoms with Crippen LogP contribution >= 0.6 is 0 Å². The fraction of sp³-hybridized carbons (Fsp3) is 0.133. The summed E-state index contributed by atoms with van der Waals surface area (Å²) in [4.78, 5) is 22.0. The second-order valence-corrected chi connectivity index (χ2v) is 4.40. The summed E-state index contributed by atoms with van der Waals surface area (Å²) in [5, 5.41) is 10.6. The lowest BCUT2D eigenvalue weighted by Gasteiger charge is -2.08. The number of carbonyl (C=O) groups is 1. The molecule has 0 radical (unpaired) electrons. The van der Waals surface area contributed by atoms with Crippen LogP contribution in [-0.2, 0) is 0 Å². The van der Waals surface area contributed by atoms with Gasteiger partial charge in [0.25, 0.3) is 5.69 Å². The predicted octanol–water partition coefficient (Wildman–Crippen LogP) is 3.30. The highest BCUT2D eigenvalue weighted by Crippen LogP contribution is 2.23. The highest BCUT2D eigenvalue weighted by molar-refractivity contribution is 5.97. The zero-order chi connectivity index (χ0) is 15.4. The van der Waals surface area contributed by atoms with Crippen molar-refractivity contribution in [2.75, 3.05) is 6.61 Å². The van der Waals surface area contributed by atoms with Gasteiger partial charge in [-0.3, -0.25) is 14.9 Å². The molecule has 2 aromatic carbocycles. The highest BCUT2D eigenvalue weighted by atomic mass is 19.1. The average Bonchev–Trinajstić information content (AvgIpc) is 2.46. The minimum absolute atomic E-state index is 0.0444. The smallest absolute Gasteiger partial charge is 0.269 e. The van der Waals surface area contributed by atoms with E-state index >= 15 is 0 Å². The van der Waals surface area contributed by atoms with Crippen molar-refractivity contribution in [1.82, 2.24) is 0 Å². The molecule has 0 saturated heterocycles. The Balaban J connectivity index is 2.08. The molecule has 21 heavy (non-hydrogen) atoms. The molecule has 0 aromatic heterocycles.